The zero-order chi connectivity index (χ0) is 20.8. The van der Waals surface area contributed by atoms with Crippen molar-refractivity contribution in [1.29, 1.82) is 0 Å². The molecule has 29 heavy (non-hydrogen) atoms. The van der Waals surface area contributed by atoms with E-state index in [0.29, 0.717) is 5.56 Å². The lowest BCUT2D eigenvalue weighted by atomic mass is 9.99. The highest BCUT2D eigenvalue weighted by molar-refractivity contribution is 5.94. The first-order valence-corrected chi connectivity index (χ1v) is 10.3. The minimum Gasteiger partial charge on any atom is -0.497 e. The number of benzene rings is 2. The van der Waals surface area contributed by atoms with Crippen LogP contribution in [-0.2, 0) is 6.54 Å². The Morgan fingerprint density at radius 3 is 2.41 bits per heavy atom. The first kappa shape index (κ1) is 21.2. The Labute approximate surface area is 174 Å². The average molecular weight is 397 g/mol. The summed E-state index contributed by atoms with van der Waals surface area (Å²) >= 11 is 0. The molecule has 5 nitrogen and oxygen atoms in total. The molecule has 1 fully saturated rings. The molecule has 156 valence electrons. The summed E-state index contributed by atoms with van der Waals surface area (Å²) in [6.07, 6.45) is 2.54. The molecule has 1 atom stereocenters. The van der Waals surface area contributed by atoms with E-state index in [1.165, 1.54) is 18.4 Å². The van der Waals surface area contributed by atoms with Crippen LogP contribution >= 0.6 is 0 Å². The van der Waals surface area contributed by atoms with Gasteiger partial charge in [0.2, 0.25) is 0 Å². The summed E-state index contributed by atoms with van der Waals surface area (Å²) in [5, 5.41) is 3.06. The van der Waals surface area contributed by atoms with E-state index in [9.17, 15) is 4.79 Å². The van der Waals surface area contributed by atoms with Crippen molar-refractivity contribution in [3.8, 4) is 11.5 Å². The Bertz CT molecular complexity index is 811. The number of hydrogen-bond acceptors (Lipinski definition) is 4. The Morgan fingerprint density at radius 2 is 1.79 bits per heavy atom. The number of ether oxygens (including phenoxy) is 2. The lowest BCUT2D eigenvalue weighted by Gasteiger charge is -2.30. The van der Waals surface area contributed by atoms with Crippen molar-refractivity contribution in [1.82, 2.24) is 10.2 Å². The standard InChI is InChI=1S/C24H32N2O3/c1-17-11-13-26(14-12-17)16-19-5-7-20(8-6-19)24(27)25-18(2)22-15-21(28-3)9-10-23(22)29-4/h5-10,15,17-18H,11-14,16H2,1-4H3,(H,25,27). The molecule has 3 rings (SSSR count). The molecule has 0 aliphatic carbocycles. The molecule has 1 aliphatic rings. The van der Waals surface area contributed by atoms with Gasteiger partial charge in [-0.15, -0.1) is 0 Å². The molecule has 2 aromatic rings. The topological polar surface area (TPSA) is 50.8 Å². The molecule has 0 saturated carbocycles. The van der Waals surface area contributed by atoms with Gasteiger partial charge in [-0.05, 0) is 74.7 Å². The molecule has 1 N–H and O–H groups in total. The maximum Gasteiger partial charge on any atom is 0.251 e. The van der Waals surface area contributed by atoms with Gasteiger partial charge in [0.05, 0.1) is 20.3 Å². The average Bonchev–Trinajstić information content (AvgIpc) is 2.75. The van der Waals surface area contributed by atoms with Gasteiger partial charge in [0, 0.05) is 17.7 Å². The number of methoxy groups -OCH3 is 2. The van der Waals surface area contributed by atoms with Gasteiger partial charge in [-0.3, -0.25) is 9.69 Å². The molecular formula is C24H32N2O3. The second kappa shape index (κ2) is 9.79. The Balaban J connectivity index is 1.62. The zero-order valence-electron chi connectivity index (χ0n) is 17.9. The quantitative estimate of drug-likeness (QED) is 0.752. The lowest BCUT2D eigenvalue weighted by molar-refractivity contribution is 0.0939. The zero-order valence-corrected chi connectivity index (χ0v) is 17.9. The Kier molecular flexibility index (Phi) is 7.15. The summed E-state index contributed by atoms with van der Waals surface area (Å²) in [6, 6.07) is 13.3. The molecule has 1 amide bonds. The van der Waals surface area contributed by atoms with Gasteiger partial charge in [0.25, 0.3) is 5.91 Å². The fourth-order valence-electron chi connectivity index (χ4n) is 3.78. The van der Waals surface area contributed by atoms with E-state index in [-0.39, 0.29) is 11.9 Å². The SMILES string of the molecule is COc1ccc(OC)c(C(C)NC(=O)c2ccc(CN3CCC(C)CC3)cc2)c1. The van der Waals surface area contributed by atoms with Crippen LogP contribution < -0.4 is 14.8 Å². The van der Waals surface area contributed by atoms with Crippen molar-refractivity contribution in [3.05, 3.63) is 59.2 Å². The van der Waals surface area contributed by atoms with Gasteiger partial charge >= 0.3 is 0 Å². The minimum absolute atomic E-state index is 0.0966. The molecule has 1 aliphatic heterocycles. The molecule has 1 heterocycles. The summed E-state index contributed by atoms with van der Waals surface area (Å²) in [5.41, 5.74) is 2.80. The smallest absolute Gasteiger partial charge is 0.251 e. The molecule has 0 aromatic heterocycles. The minimum atomic E-state index is -0.206. The van der Waals surface area contributed by atoms with E-state index in [0.717, 1.165) is 42.6 Å². The number of hydrogen-bond donors (Lipinski definition) is 1. The molecule has 0 radical (unpaired) electrons. The normalized spacial score (nSPS) is 16.3. The summed E-state index contributed by atoms with van der Waals surface area (Å²) < 4.78 is 10.7. The number of carbonyl (C=O) groups is 1. The predicted octanol–water partition coefficient (Wildman–Crippen LogP) is 4.43. The summed E-state index contributed by atoms with van der Waals surface area (Å²) in [7, 11) is 3.25. The van der Waals surface area contributed by atoms with Crippen molar-refractivity contribution in [2.45, 2.75) is 39.3 Å². The van der Waals surface area contributed by atoms with Crippen LogP contribution in [-0.4, -0.2) is 38.1 Å². The van der Waals surface area contributed by atoms with Crippen LogP contribution in [0.2, 0.25) is 0 Å². The largest absolute Gasteiger partial charge is 0.497 e. The Morgan fingerprint density at radius 1 is 1.10 bits per heavy atom. The number of amides is 1. The van der Waals surface area contributed by atoms with Gasteiger partial charge in [-0.1, -0.05) is 19.1 Å². The molecule has 2 aromatic carbocycles. The second-order valence-corrected chi connectivity index (χ2v) is 7.96. The van der Waals surface area contributed by atoms with Crippen molar-refractivity contribution in [3.63, 3.8) is 0 Å². The molecule has 0 bridgehead atoms. The molecule has 5 heteroatoms. The summed E-state index contributed by atoms with van der Waals surface area (Å²) in [6.45, 7) is 7.53. The van der Waals surface area contributed by atoms with Crippen LogP contribution in [0.1, 0.15) is 54.2 Å². The number of nitrogens with one attached hydrogen (secondary N) is 1. The van der Waals surface area contributed by atoms with Crippen LogP contribution in [0.25, 0.3) is 0 Å². The summed E-state index contributed by atoms with van der Waals surface area (Å²) in [4.78, 5) is 15.2. The van der Waals surface area contributed by atoms with Crippen LogP contribution in [0.15, 0.2) is 42.5 Å². The summed E-state index contributed by atoms with van der Waals surface area (Å²) in [5.74, 6) is 2.20. The second-order valence-electron chi connectivity index (χ2n) is 7.96. The van der Waals surface area contributed by atoms with E-state index in [1.807, 2.05) is 37.3 Å². The first-order valence-electron chi connectivity index (χ1n) is 10.3. The van der Waals surface area contributed by atoms with Crippen molar-refractivity contribution < 1.29 is 14.3 Å². The maximum absolute atomic E-state index is 12.7. The van der Waals surface area contributed by atoms with E-state index in [1.54, 1.807) is 14.2 Å². The van der Waals surface area contributed by atoms with Gasteiger partial charge in [-0.2, -0.15) is 0 Å². The van der Waals surface area contributed by atoms with E-state index in [2.05, 4.69) is 29.3 Å². The van der Waals surface area contributed by atoms with Crippen molar-refractivity contribution in [2.75, 3.05) is 27.3 Å². The number of nitrogens with zero attached hydrogens (tertiary/aromatic N) is 1. The van der Waals surface area contributed by atoms with Gasteiger partial charge < -0.3 is 14.8 Å². The fraction of sp³-hybridized carbons (Fsp3) is 0.458. The maximum atomic E-state index is 12.7. The Hall–Kier alpha value is -2.53. The highest BCUT2D eigenvalue weighted by atomic mass is 16.5. The van der Waals surface area contributed by atoms with Crippen LogP contribution in [0.3, 0.4) is 0 Å². The first-order chi connectivity index (χ1) is 14.0. The van der Waals surface area contributed by atoms with Crippen LogP contribution in [0.4, 0.5) is 0 Å². The molecule has 1 unspecified atom stereocenters. The number of likely N-dealkylation sites (tertiary alicyclic amines) is 1. The van der Waals surface area contributed by atoms with Crippen molar-refractivity contribution in [2.24, 2.45) is 5.92 Å². The number of piperidine rings is 1. The predicted molar refractivity (Wildman–Crippen MR) is 116 cm³/mol. The van der Waals surface area contributed by atoms with Crippen LogP contribution in [0.5, 0.6) is 11.5 Å². The highest BCUT2D eigenvalue weighted by Crippen LogP contribution is 2.29. The lowest BCUT2D eigenvalue weighted by Crippen LogP contribution is -2.32. The fourth-order valence-corrected chi connectivity index (χ4v) is 3.78. The third-order valence-corrected chi connectivity index (χ3v) is 5.75. The number of carbonyl (C=O) groups excluding carboxylic acids is 1. The third kappa shape index (κ3) is 5.51. The van der Waals surface area contributed by atoms with E-state index < -0.39 is 0 Å². The van der Waals surface area contributed by atoms with Gasteiger partial charge in [0.15, 0.2) is 0 Å². The molecular weight excluding hydrogens is 364 g/mol. The van der Waals surface area contributed by atoms with E-state index in [4.69, 9.17) is 9.47 Å². The van der Waals surface area contributed by atoms with Gasteiger partial charge in [0.1, 0.15) is 11.5 Å². The molecule has 1 saturated heterocycles. The number of rotatable bonds is 7. The third-order valence-electron chi connectivity index (χ3n) is 5.75. The van der Waals surface area contributed by atoms with Crippen LogP contribution in [0, 0.1) is 5.92 Å². The van der Waals surface area contributed by atoms with Crippen molar-refractivity contribution >= 4 is 5.91 Å². The van der Waals surface area contributed by atoms with E-state index >= 15 is 0 Å². The highest BCUT2D eigenvalue weighted by Gasteiger charge is 2.18. The monoisotopic (exact) mass is 396 g/mol. The molecule has 0 spiro atoms. The van der Waals surface area contributed by atoms with Gasteiger partial charge in [-0.25, -0.2) is 0 Å².